The summed E-state index contributed by atoms with van der Waals surface area (Å²) in [5.41, 5.74) is 17.5. The molecule has 0 N–H and O–H groups in total. The van der Waals surface area contributed by atoms with Crippen LogP contribution in [0, 0.1) is 0 Å². The van der Waals surface area contributed by atoms with Crippen molar-refractivity contribution in [3.63, 3.8) is 0 Å². The number of anilines is 3. The van der Waals surface area contributed by atoms with E-state index in [-0.39, 0.29) is 5.41 Å². The molecule has 1 unspecified atom stereocenters. The maximum atomic E-state index is 2.49. The zero-order valence-electron chi connectivity index (χ0n) is 33.1. The van der Waals surface area contributed by atoms with Gasteiger partial charge in [0.1, 0.15) is 0 Å². The second-order valence-electron chi connectivity index (χ2n) is 16.1. The van der Waals surface area contributed by atoms with E-state index in [1.54, 1.807) is 0 Å². The van der Waals surface area contributed by atoms with Crippen LogP contribution < -0.4 is 15.3 Å². The van der Waals surface area contributed by atoms with E-state index in [9.17, 15) is 0 Å². The Morgan fingerprint density at radius 1 is 0.441 bits per heavy atom. The summed E-state index contributed by atoms with van der Waals surface area (Å²) in [6.45, 7) is 2.39. The zero-order valence-corrected chi connectivity index (χ0v) is 33.1. The summed E-state index contributed by atoms with van der Waals surface area (Å²) >= 11 is 0. The summed E-state index contributed by atoms with van der Waals surface area (Å²) in [5.74, 6) is 0. The molecule has 0 radical (unpaired) electrons. The largest absolute Gasteiger partial charge is 0.309 e. The average Bonchev–Trinajstić information content (AvgIpc) is 3.57. The number of nitrogens with zero attached hydrogens (tertiary/aromatic N) is 1. The molecule has 9 aromatic carbocycles. The lowest BCUT2D eigenvalue weighted by molar-refractivity contribution is 0.714. The van der Waals surface area contributed by atoms with Crippen LogP contribution in [0.15, 0.2) is 212 Å². The van der Waals surface area contributed by atoms with Crippen LogP contribution in [0.1, 0.15) is 42.0 Å². The standard InChI is InChI=1S/C58H43N/c1-58(45-23-6-3-7-24-45)53-30-12-10-26-49(53)50-38-35-44(39-54(50)58)40-33-36-46(37-34-40)59(55-32-16-20-41-19-8-9-25-47(41)55)56-31-13-11-27-51(56)52-29-15-22-43-21-14-28-48(57(43)52)42-17-4-2-5-18-42/h2-14,16-28,30-39H,15,29H2,1H3. The van der Waals surface area contributed by atoms with E-state index in [4.69, 9.17) is 0 Å². The Balaban J connectivity index is 1.08. The van der Waals surface area contributed by atoms with Crippen molar-refractivity contribution >= 4 is 39.5 Å². The van der Waals surface area contributed by atoms with Crippen LogP contribution >= 0.6 is 0 Å². The van der Waals surface area contributed by atoms with Gasteiger partial charge in [0.15, 0.2) is 0 Å². The first kappa shape index (κ1) is 35.0. The molecule has 0 saturated carbocycles. The van der Waals surface area contributed by atoms with Crippen molar-refractivity contribution in [3.8, 4) is 33.4 Å². The fraction of sp³-hybridized carbons (Fsp3) is 0.0690. The van der Waals surface area contributed by atoms with E-state index >= 15 is 0 Å². The Morgan fingerprint density at radius 3 is 1.92 bits per heavy atom. The first-order valence-corrected chi connectivity index (χ1v) is 20.8. The van der Waals surface area contributed by atoms with Crippen LogP contribution in [0.2, 0.25) is 0 Å². The van der Waals surface area contributed by atoms with Gasteiger partial charge in [-0.2, -0.15) is 0 Å². The molecule has 2 aliphatic rings. The van der Waals surface area contributed by atoms with Crippen molar-refractivity contribution in [2.45, 2.75) is 25.2 Å². The van der Waals surface area contributed by atoms with Gasteiger partial charge in [-0.3, -0.25) is 0 Å². The molecular formula is C58H43N. The maximum Gasteiger partial charge on any atom is 0.0540 e. The average molecular weight is 754 g/mol. The van der Waals surface area contributed by atoms with Crippen molar-refractivity contribution in [1.29, 1.82) is 0 Å². The molecule has 59 heavy (non-hydrogen) atoms. The summed E-state index contributed by atoms with van der Waals surface area (Å²) in [6, 6.07) is 78.4. The van der Waals surface area contributed by atoms with Gasteiger partial charge in [0.05, 0.1) is 11.4 Å². The van der Waals surface area contributed by atoms with Crippen molar-refractivity contribution in [2.75, 3.05) is 4.90 Å². The fourth-order valence-corrected chi connectivity index (χ4v) is 9.99. The lowest BCUT2D eigenvalue weighted by Crippen LogP contribution is -2.32. The summed E-state index contributed by atoms with van der Waals surface area (Å²) in [4.78, 5) is 2.49. The molecule has 0 aromatic heterocycles. The quantitative estimate of drug-likeness (QED) is 0.157. The van der Waals surface area contributed by atoms with Gasteiger partial charge in [-0.1, -0.05) is 188 Å². The highest BCUT2D eigenvalue weighted by atomic mass is 15.1. The minimum Gasteiger partial charge on any atom is -0.309 e. The Morgan fingerprint density at radius 2 is 1.07 bits per heavy atom. The summed E-state index contributed by atoms with van der Waals surface area (Å²) in [6.07, 6.45) is 4.39. The van der Waals surface area contributed by atoms with Crippen molar-refractivity contribution < 1.29 is 0 Å². The molecule has 0 saturated heterocycles. The molecule has 0 amide bonds. The smallest absolute Gasteiger partial charge is 0.0540 e. The molecule has 0 aliphatic heterocycles. The molecule has 0 bridgehead atoms. The van der Waals surface area contributed by atoms with Crippen LogP contribution in [0.25, 0.3) is 55.8 Å². The molecule has 0 heterocycles. The predicted octanol–water partition coefficient (Wildman–Crippen LogP) is 13.8. The second-order valence-corrected chi connectivity index (χ2v) is 16.1. The molecule has 1 atom stereocenters. The molecule has 280 valence electrons. The molecule has 11 rings (SSSR count). The van der Waals surface area contributed by atoms with Gasteiger partial charge in [0, 0.05) is 22.1 Å². The van der Waals surface area contributed by atoms with Crippen LogP contribution in [-0.4, -0.2) is 0 Å². The van der Waals surface area contributed by atoms with Crippen LogP contribution in [0.5, 0.6) is 0 Å². The van der Waals surface area contributed by atoms with Gasteiger partial charge < -0.3 is 4.90 Å². The topological polar surface area (TPSA) is 3.24 Å². The van der Waals surface area contributed by atoms with Crippen LogP contribution in [0.4, 0.5) is 17.1 Å². The van der Waals surface area contributed by atoms with E-state index in [1.165, 1.54) is 88.1 Å². The fourth-order valence-electron chi connectivity index (χ4n) is 9.99. The maximum absolute atomic E-state index is 2.49. The minimum atomic E-state index is -0.244. The Hall–Kier alpha value is -7.22. The highest BCUT2D eigenvalue weighted by molar-refractivity contribution is 6.00. The zero-order chi connectivity index (χ0) is 39.3. The monoisotopic (exact) mass is 753 g/mol. The normalized spacial score (nSPS) is 15.2. The van der Waals surface area contributed by atoms with E-state index in [0.29, 0.717) is 0 Å². The van der Waals surface area contributed by atoms with Crippen molar-refractivity contribution in [2.24, 2.45) is 0 Å². The van der Waals surface area contributed by atoms with Gasteiger partial charge in [-0.15, -0.1) is 0 Å². The van der Waals surface area contributed by atoms with Crippen LogP contribution in [0.3, 0.4) is 0 Å². The molecule has 1 nitrogen and oxygen atoms in total. The Bertz CT molecular complexity index is 3160. The number of rotatable bonds is 7. The van der Waals surface area contributed by atoms with Gasteiger partial charge in [-0.05, 0) is 122 Å². The third-order valence-electron chi connectivity index (χ3n) is 12.8. The lowest BCUT2D eigenvalue weighted by Gasteiger charge is -2.30. The van der Waals surface area contributed by atoms with E-state index in [2.05, 4.69) is 230 Å². The van der Waals surface area contributed by atoms with E-state index in [1.807, 2.05) is 0 Å². The first-order chi connectivity index (χ1) is 29.2. The highest BCUT2D eigenvalue weighted by Crippen LogP contribution is 2.53. The van der Waals surface area contributed by atoms with E-state index in [0.717, 1.165) is 24.2 Å². The number of fused-ring (bicyclic) bond motifs is 5. The lowest BCUT2D eigenvalue weighted by atomic mass is 9.74. The number of hydrogen-bond donors (Lipinski definition) is 0. The Kier molecular flexibility index (Phi) is 8.48. The predicted molar refractivity (Wildman–Crippen MR) is 249 cm³/mol. The molecule has 1 heteroatoms. The van der Waals surface area contributed by atoms with Gasteiger partial charge in [-0.25, -0.2) is 0 Å². The summed E-state index contributed by atoms with van der Waals surface area (Å²) in [5, 5.41) is 5.09. The first-order valence-electron chi connectivity index (χ1n) is 20.8. The molecule has 2 aliphatic carbocycles. The summed E-state index contributed by atoms with van der Waals surface area (Å²) in [7, 11) is 0. The molecule has 0 fully saturated rings. The third-order valence-corrected chi connectivity index (χ3v) is 12.8. The van der Waals surface area contributed by atoms with Gasteiger partial charge >= 0.3 is 0 Å². The number of para-hydroxylation sites is 1. The molecular weight excluding hydrogens is 711 g/mol. The Labute approximate surface area is 346 Å². The number of hydrogen-bond acceptors (Lipinski definition) is 1. The third kappa shape index (κ3) is 5.76. The summed E-state index contributed by atoms with van der Waals surface area (Å²) < 4.78 is 0. The van der Waals surface area contributed by atoms with Gasteiger partial charge in [0.25, 0.3) is 0 Å². The molecule has 0 spiro atoms. The second kappa shape index (κ2) is 14.3. The highest BCUT2D eigenvalue weighted by Gasteiger charge is 2.40. The SMILES string of the molecule is CC1(c2ccccc2)c2ccccc2-c2ccc(-c3ccc(N(c4ccccc4C4=c5c(-c6ccccc6)cccc5=CCC4)c4cccc5ccccc45)cc3)cc21. The number of benzene rings is 9. The van der Waals surface area contributed by atoms with Crippen molar-refractivity contribution in [3.05, 3.63) is 245 Å². The molecule has 9 aromatic rings. The van der Waals surface area contributed by atoms with Crippen molar-refractivity contribution in [1.82, 2.24) is 0 Å². The van der Waals surface area contributed by atoms with E-state index < -0.39 is 0 Å². The van der Waals surface area contributed by atoms with Crippen LogP contribution in [-0.2, 0) is 5.41 Å². The van der Waals surface area contributed by atoms with Gasteiger partial charge in [0.2, 0.25) is 0 Å². The minimum absolute atomic E-state index is 0.244.